The van der Waals surface area contributed by atoms with Gasteiger partial charge < -0.3 is 9.47 Å². The van der Waals surface area contributed by atoms with Crippen LogP contribution in [0.4, 0.5) is 0 Å². The molecule has 0 saturated heterocycles. The summed E-state index contributed by atoms with van der Waals surface area (Å²) >= 11 is 0. The Morgan fingerprint density at radius 2 is 1.53 bits per heavy atom. The van der Waals surface area contributed by atoms with E-state index in [0.717, 1.165) is 22.5 Å². The number of nitrogens with zero attached hydrogens (tertiary/aromatic N) is 2. The highest BCUT2D eigenvalue weighted by atomic mass is 16.6. The molecule has 0 unspecified atom stereocenters. The summed E-state index contributed by atoms with van der Waals surface area (Å²) in [6.07, 6.45) is 1.87. The summed E-state index contributed by atoms with van der Waals surface area (Å²) in [5.41, 5.74) is 3.99. The number of rotatable bonds is 8. The van der Waals surface area contributed by atoms with Crippen molar-refractivity contribution in [2.45, 2.75) is 13.5 Å². The van der Waals surface area contributed by atoms with Gasteiger partial charge in [0.25, 0.3) is 0 Å². The van der Waals surface area contributed by atoms with Crippen molar-refractivity contribution in [3.8, 4) is 22.7 Å². The number of carbonyl (C=O) groups is 2. The lowest BCUT2D eigenvalue weighted by Crippen LogP contribution is -2.14. The Hall–Kier alpha value is -4.19. The Morgan fingerprint density at radius 1 is 0.875 bits per heavy atom. The smallest absolute Gasteiger partial charge is 0.344 e. The van der Waals surface area contributed by atoms with E-state index >= 15 is 0 Å². The highest BCUT2D eigenvalue weighted by Gasteiger charge is 2.14. The fourth-order valence-electron chi connectivity index (χ4n) is 3.20. The van der Waals surface area contributed by atoms with Gasteiger partial charge in [-0.25, -0.2) is 9.48 Å². The largest absolute Gasteiger partial charge is 0.482 e. The molecule has 0 N–H and O–H groups in total. The quantitative estimate of drug-likeness (QED) is 0.297. The van der Waals surface area contributed by atoms with Crippen LogP contribution in [0, 0.1) is 0 Å². The zero-order valence-corrected chi connectivity index (χ0v) is 17.6. The maximum Gasteiger partial charge on any atom is 0.344 e. The SMILES string of the molecule is CC(=O)c1ccc(OCC(=O)OCc2cn(-c3ccccc3)nc2-c2ccccc2)cc1. The summed E-state index contributed by atoms with van der Waals surface area (Å²) in [6, 6.07) is 26.1. The zero-order chi connectivity index (χ0) is 22.3. The molecule has 0 fully saturated rings. The van der Waals surface area contributed by atoms with Gasteiger partial charge in [0.2, 0.25) is 0 Å². The molecule has 1 heterocycles. The minimum Gasteiger partial charge on any atom is -0.482 e. The van der Waals surface area contributed by atoms with Gasteiger partial charge in [-0.3, -0.25) is 4.79 Å². The zero-order valence-electron chi connectivity index (χ0n) is 17.6. The molecule has 0 aliphatic carbocycles. The highest BCUT2D eigenvalue weighted by molar-refractivity contribution is 5.94. The fourth-order valence-corrected chi connectivity index (χ4v) is 3.20. The molecule has 0 bridgehead atoms. The van der Waals surface area contributed by atoms with E-state index in [4.69, 9.17) is 14.6 Å². The van der Waals surface area contributed by atoms with E-state index in [0.29, 0.717) is 11.3 Å². The highest BCUT2D eigenvalue weighted by Crippen LogP contribution is 2.24. The molecule has 0 saturated carbocycles. The number of hydrogen-bond donors (Lipinski definition) is 0. The van der Waals surface area contributed by atoms with Crippen LogP contribution in [0.3, 0.4) is 0 Å². The second kappa shape index (κ2) is 9.75. The topological polar surface area (TPSA) is 70.4 Å². The van der Waals surface area contributed by atoms with Crippen molar-refractivity contribution in [1.82, 2.24) is 9.78 Å². The maximum absolute atomic E-state index is 12.3. The number of carbonyl (C=O) groups excluding carboxylic acids is 2. The van der Waals surface area contributed by atoms with E-state index in [2.05, 4.69) is 0 Å². The third-order valence-electron chi connectivity index (χ3n) is 4.86. The molecule has 4 rings (SSSR count). The van der Waals surface area contributed by atoms with Gasteiger partial charge in [0, 0.05) is 22.9 Å². The number of para-hydroxylation sites is 1. The normalized spacial score (nSPS) is 10.5. The van der Waals surface area contributed by atoms with Crippen molar-refractivity contribution in [2.24, 2.45) is 0 Å². The summed E-state index contributed by atoms with van der Waals surface area (Å²) in [7, 11) is 0. The average Bonchev–Trinajstić information content (AvgIpc) is 3.27. The van der Waals surface area contributed by atoms with Crippen molar-refractivity contribution < 1.29 is 19.1 Å². The summed E-state index contributed by atoms with van der Waals surface area (Å²) in [6.45, 7) is 1.34. The van der Waals surface area contributed by atoms with Crippen LogP contribution in [0.1, 0.15) is 22.8 Å². The Kier molecular flexibility index (Phi) is 6.41. The Bertz CT molecular complexity index is 1200. The molecule has 3 aromatic carbocycles. The van der Waals surface area contributed by atoms with Crippen molar-refractivity contribution in [2.75, 3.05) is 6.61 Å². The molecule has 0 atom stereocenters. The number of benzene rings is 3. The molecule has 0 aliphatic heterocycles. The van der Waals surface area contributed by atoms with Gasteiger partial charge in [0.05, 0.1) is 11.4 Å². The van der Waals surface area contributed by atoms with Crippen LogP contribution in [0.15, 0.2) is 91.1 Å². The molecule has 6 nitrogen and oxygen atoms in total. The lowest BCUT2D eigenvalue weighted by atomic mass is 10.1. The Morgan fingerprint density at radius 3 is 2.19 bits per heavy atom. The van der Waals surface area contributed by atoms with Gasteiger partial charge in [-0.1, -0.05) is 48.5 Å². The van der Waals surface area contributed by atoms with Crippen LogP contribution in [-0.2, 0) is 16.1 Å². The first-order valence-electron chi connectivity index (χ1n) is 10.2. The Balaban J connectivity index is 1.44. The molecule has 4 aromatic rings. The van der Waals surface area contributed by atoms with E-state index in [1.54, 1.807) is 28.9 Å². The predicted octanol–water partition coefficient (Wildman–Crippen LogP) is 4.86. The number of ether oxygens (including phenoxy) is 2. The van der Waals surface area contributed by atoms with Crippen LogP contribution in [0.2, 0.25) is 0 Å². The summed E-state index contributed by atoms with van der Waals surface area (Å²) < 4.78 is 12.7. The van der Waals surface area contributed by atoms with E-state index in [1.807, 2.05) is 66.9 Å². The second-order valence-electron chi connectivity index (χ2n) is 7.18. The maximum atomic E-state index is 12.3. The lowest BCUT2D eigenvalue weighted by molar-refractivity contribution is -0.147. The number of aromatic nitrogens is 2. The minimum atomic E-state index is -0.493. The van der Waals surface area contributed by atoms with Crippen molar-refractivity contribution in [3.63, 3.8) is 0 Å². The fraction of sp³-hybridized carbons (Fsp3) is 0.115. The molecule has 0 amide bonds. The van der Waals surface area contributed by atoms with Gasteiger partial charge in [-0.15, -0.1) is 0 Å². The first kappa shape index (κ1) is 21.1. The van der Waals surface area contributed by atoms with E-state index in [9.17, 15) is 9.59 Å². The predicted molar refractivity (Wildman–Crippen MR) is 121 cm³/mol. The van der Waals surface area contributed by atoms with E-state index < -0.39 is 5.97 Å². The summed E-state index contributed by atoms with van der Waals surface area (Å²) in [5, 5.41) is 4.71. The molecule has 0 radical (unpaired) electrons. The molecule has 6 heteroatoms. The van der Waals surface area contributed by atoms with Crippen LogP contribution >= 0.6 is 0 Å². The van der Waals surface area contributed by atoms with Gasteiger partial charge in [-0.05, 0) is 43.3 Å². The van der Waals surface area contributed by atoms with Crippen LogP contribution in [0.25, 0.3) is 16.9 Å². The molecule has 0 spiro atoms. The molecular formula is C26H22N2O4. The number of esters is 1. The van der Waals surface area contributed by atoms with Crippen molar-refractivity contribution >= 4 is 11.8 Å². The van der Waals surface area contributed by atoms with Gasteiger partial charge >= 0.3 is 5.97 Å². The molecule has 160 valence electrons. The van der Waals surface area contributed by atoms with Crippen molar-refractivity contribution in [3.05, 3.63) is 102 Å². The Labute approximate surface area is 186 Å². The van der Waals surface area contributed by atoms with E-state index in [1.165, 1.54) is 6.92 Å². The standard InChI is InChI=1S/C26H22N2O4/c1-19(29)20-12-14-24(15-13-20)31-18-25(30)32-17-22-16-28(23-10-6-3-7-11-23)27-26(22)21-8-4-2-5-9-21/h2-16H,17-18H2,1H3. The number of hydrogen-bond acceptors (Lipinski definition) is 5. The summed E-state index contributed by atoms with van der Waals surface area (Å²) in [4.78, 5) is 23.6. The first-order chi connectivity index (χ1) is 15.6. The van der Waals surface area contributed by atoms with Gasteiger partial charge in [0.15, 0.2) is 12.4 Å². The first-order valence-corrected chi connectivity index (χ1v) is 10.2. The molecule has 1 aromatic heterocycles. The minimum absolute atomic E-state index is 0.0266. The van der Waals surface area contributed by atoms with Crippen LogP contribution in [0.5, 0.6) is 5.75 Å². The second-order valence-corrected chi connectivity index (χ2v) is 7.18. The van der Waals surface area contributed by atoms with Crippen LogP contribution < -0.4 is 4.74 Å². The van der Waals surface area contributed by atoms with Gasteiger partial charge in [0.1, 0.15) is 12.4 Å². The molecule has 32 heavy (non-hydrogen) atoms. The third-order valence-corrected chi connectivity index (χ3v) is 4.86. The van der Waals surface area contributed by atoms with E-state index in [-0.39, 0.29) is 19.0 Å². The number of ketones is 1. The average molecular weight is 426 g/mol. The molecular weight excluding hydrogens is 404 g/mol. The third kappa shape index (κ3) is 5.10. The van der Waals surface area contributed by atoms with Crippen molar-refractivity contribution in [1.29, 1.82) is 0 Å². The van der Waals surface area contributed by atoms with Crippen LogP contribution in [-0.4, -0.2) is 28.1 Å². The summed E-state index contributed by atoms with van der Waals surface area (Å²) in [5.74, 6) is -0.0258. The lowest BCUT2D eigenvalue weighted by Gasteiger charge is -2.08. The molecule has 0 aliphatic rings. The van der Waals surface area contributed by atoms with Gasteiger partial charge in [-0.2, -0.15) is 5.10 Å². The number of Topliss-reactive ketones (excluding diaryl/α,β-unsaturated/α-hetero) is 1. The monoisotopic (exact) mass is 426 g/mol.